The van der Waals surface area contributed by atoms with Crippen molar-refractivity contribution in [1.82, 2.24) is 9.47 Å². The van der Waals surface area contributed by atoms with Gasteiger partial charge in [0.05, 0.1) is 5.52 Å². The summed E-state index contributed by atoms with van der Waals surface area (Å²) in [7, 11) is 0. The van der Waals surface area contributed by atoms with Crippen molar-refractivity contribution in [2.75, 3.05) is 24.5 Å². The number of aryl methyl sites for hydroxylation is 1. The Labute approximate surface area is 157 Å². The maximum absolute atomic E-state index is 12.8. The number of oxazole rings is 1. The number of amides is 1. The predicted octanol–water partition coefficient (Wildman–Crippen LogP) is 2.64. The van der Waals surface area contributed by atoms with Crippen LogP contribution in [0.2, 0.25) is 0 Å². The molecule has 6 nitrogen and oxygen atoms in total. The lowest BCUT2D eigenvalue weighted by Gasteiger charge is -2.41. The normalized spacial score (nSPS) is 17.5. The number of benzene rings is 2. The van der Waals surface area contributed by atoms with Crippen LogP contribution < -0.4 is 10.7 Å². The summed E-state index contributed by atoms with van der Waals surface area (Å²) in [5, 5.41) is 0. The fourth-order valence-corrected chi connectivity index (χ4v) is 3.77. The molecule has 2 aromatic carbocycles. The van der Waals surface area contributed by atoms with Crippen molar-refractivity contribution in [1.29, 1.82) is 0 Å². The van der Waals surface area contributed by atoms with Crippen molar-refractivity contribution in [3.63, 3.8) is 0 Å². The van der Waals surface area contributed by atoms with E-state index in [1.807, 2.05) is 17.0 Å². The third kappa shape index (κ3) is 3.35. The average molecular weight is 365 g/mol. The zero-order valence-electron chi connectivity index (χ0n) is 15.6. The van der Waals surface area contributed by atoms with Crippen LogP contribution in [0.4, 0.5) is 5.69 Å². The Kier molecular flexibility index (Phi) is 4.48. The molecule has 1 aliphatic heterocycles. The molecule has 140 valence electrons. The van der Waals surface area contributed by atoms with Gasteiger partial charge in [-0.3, -0.25) is 9.36 Å². The third-order valence-corrected chi connectivity index (χ3v) is 5.18. The van der Waals surface area contributed by atoms with E-state index in [1.54, 1.807) is 12.1 Å². The van der Waals surface area contributed by atoms with E-state index in [2.05, 4.69) is 43.0 Å². The number of anilines is 1. The summed E-state index contributed by atoms with van der Waals surface area (Å²) in [4.78, 5) is 29.1. The van der Waals surface area contributed by atoms with E-state index in [0.29, 0.717) is 24.2 Å². The Morgan fingerprint density at radius 2 is 1.96 bits per heavy atom. The first-order valence-electron chi connectivity index (χ1n) is 9.22. The number of aromatic nitrogens is 1. The van der Waals surface area contributed by atoms with Crippen LogP contribution in [0.1, 0.15) is 12.5 Å². The molecule has 1 saturated heterocycles. The highest BCUT2D eigenvalue weighted by Crippen LogP contribution is 2.22. The molecule has 0 bridgehead atoms. The first-order valence-corrected chi connectivity index (χ1v) is 9.22. The lowest BCUT2D eigenvalue weighted by Crippen LogP contribution is -2.54. The molecule has 0 spiro atoms. The van der Waals surface area contributed by atoms with Crippen LogP contribution >= 0.6 is 0 Å². The second kappa shape index (κ2) is 6.95. The maximum atomic E-state index is 12.8. The Hall–Kier alpha value is -3.02. The van der Waals surface area contributed by atoms with Crippen molar-refractivity contribution in [2.45, 2.75) is 26.4 Å². The summed E-state index contributed by atoms with van der Waals surface area (Å²) >= 11 is 0. The molecule has 4 rings (SSSR count). The lowest BCUT2D eigenvalue weighted by molar-refractivity contribution is -0.132. The molecular weight excluding hydrogens is 342 g/mol. The molecule has 1 fully saturated rings. The lowest BCUT2D eigenvalue weighted by atomic mass is 10.1. The summed E-state index contributed by atoms with van der Waals surface area (Å²) in [6.07, 6.45) is 0. The van der Waals surface area contributed by atoms with Gasteiger partial charge in [-0.15, -0.1) is 0 Å². The summed E-state index contributed by atoms with van der Waals surface area (Å²) in [5.41, 5.74) is 3.58. The summed E-state index contributed by atoms with van der Waals surface area (Å²) < 4.78 is 6.63. The fourth-order valence-electron chi connectivity index (χ4n) is 3.77. The third-order valence-electron chi connectivity index (χ3n) is 5.18. The van der Waals surface area contributed by atoms with Crippen molar-refractivity contribution in [2.24, 2.45) is 0 Å². The van der Waals surface area contributed by atoms with Crippen LogP contribution in [0.15, 0.2) is 57.7 Å². The first kappa shape index (κ1) is 17.4. The van der Waals surface area contributed by atoms with Crippen LogP contribution in [0.5, 0.6) is 0 Å². The van der Waals surface area contributed by atoms with E-state index in [1.165, 1.54) is 15.8 Å². The molecule has 2 heterocycles. The largest absolute Gasteiger partial charge is 0.420 e. The van der Waals surface area contributed by atoms with Crippen molar-refractivity contribution in [3.05, 3.63) is 64.6 Å². The van der Waals surface area contributed by atoms with Crippen molar-refractivity contribution < 1.29 is 9.21 Å². The van der Waals surface area contributed by atoms with Gasteiger partial charge in [0.1, 0.15) is 6.54 Å². The van der Waals surface area contributed by atoms with Gasteiger partial charge < -0.3 is 14.2 Å². The number of carbonyl (C=O) groups excluding carboxylic acids is 1. The van der Waals surface area contributed by atoms with Gasteiger partial charge in [-0.05, 0) is 43.7 Å². The minimum Gasteiger partial charge on any atom is -0.408 e. The SMILES string of the molecule is Cc1cccc(N2CCN(C(=O)Cn3c(=O)oc4ccccc43)CC2C)c1. The molecule has 0 N–H and O–H groups in total. The Bertz CT molecular complexity index is 1040. The van der Waals surface area contributed by atoms with E-state index in [0.717, 1.165) is 6.54 Å². The second-order valence-electron chi connectivity index (χ2n) is 7.14. The molecule has 1 aromatic heterocycles. The number of piperazine rings is 1. The van der Waals surface area contributed by atoms with Crippen molar-refractivity contribution in [3.8, 4) is 0 Å². The Morgan fingerprint density at radius 1 is 1.15 bits per heavy atom. The monoisotopic (exact) mass is 365 g/mol. The Morgan fingerprint density at radius 3 is 2.74 bits per heavy atom. The van der Waals surface area contributed by atoms with Gasteiger partial charge in [-0.2, -0.15) is 0 Å². The van der Waals surface area contributed by atoms with Gasteiger partial charge in [0, 0.05) is 31.4 Å². The number of nitrogens with zero attached hydrogens (tertiary/aromatic N) is 3. The molecular formula is C21H23N3O3. The zero-order chi connectivity index (χ0) is 19.0. The van der Waals surface area contributed by atoms with E-state index in [4.69, 9.17) is 4.42 Å². The number of hydrogen-bond donors (Lipinski definition) is 0. The molecule has 0 aliphatic carbocycles. The van der Waals surface area contributed by atoms with E-state index >= 15 is 0 Å². The van der Waals surface area contributed by atoms with Crippen LogP contribution in [-0.2, 0) is 11.3 Å². The van der Waals surface area contributed by atoms with E-state index in [9.17, 15) is 9.59 Å². The number of hydrogen-bond acceptors (Lipinski definition) is 4. The number of fused-ring (bicyclic) bond motifs is 1. The number of carbonyl (C=O) groups is 1. The molecule has 1 aliphatic rings. The Balaban J connectivity index is 1.48. The minimum atomic E-state index is -0.490. The van der Waals surface area contributed by atoms with Gasteiger partial charge >= 0.3 is 5.76 Å². The molecule has 1 amide bonds. The standard InChI is InChI=1S/C21H23N3O3/c1-15-6-5-7-17(12-15)23-11-10-22(13-16(23)2)20(25)14-24-18-8-3-4-9-19(18)27-21(24)26/h3-9,12,16H,10-11,13-14H2,1-2H3. The van der Waals surface area contributed by atoms with Gasteiger partial charge in [-0.25, -0.2) is 4.79 Å². The predicted molar refractivity (Wildman–Crippen MR) is 105 cm³/mol. The van der Waals surface area contributed by atoms with E-state index in [-0.39, 0.29) is 18.5 Å². The smallest absolute Gasteiger partial charge is 0.408 e. The molecule has 0 saturated carbocycles. The van der Waals surface area contributed by atoms with Crippen LogP contribution in [0, 0.1) is 6.92 Å². The quantitative estimate of drug-likeness (QED) is 0.716. The van der Waals surface area contributed by atoms with Crippen LogP contribution in [0.3, 0.4) is 0 Å². The minimum absolute atomic E-state index is 0.00696. The zero-order valence-corrected chi connectivity index (χ0v) is 15.6. The highest BCUT2D eigenvalue weighted by molar-refractivity contribution is 5.80. The molecule has 1 unspecified atom stereocenters. The van der Waals surface area contributed by atoms with Crippen LogP contribution in [0.25, 0.3) is 11.1 Å². The molecule has 3 aromatic rings. The van der Waals surface area contributed by atoms with E-state index < -0.39 is 5.76 Å². The summed E-state index contributed by atoms with van der Waals surface area (Å²) in [6, 6.07) is 15.8. The highest BCUT2D eigenvalue weighted by atomic mass is 16.4. The molecule has 27 heavy (non-hydrogen) atoms. The van der Waals surface area contributed by atoms with Gasteiger partial charge in [0.2, 0.25) is 5.91 Å². The molecule has 0 radical (unpaired) electrons. The summed E-state index contributed by atoms with van der Waals surface area (Å²) in [6.45, 7) is 6.27. The molecule has 1 atom stereocenters. The number of rotatable bonds is 3. The highest BCUT2D eigenvalue weighted by Gasteiger charge is 2.27. The molecule has 6 heteroatoms. The summed E-state index contributed by atoms with van der Waals surface area (Å²) in [5.74, 6) is -0.546. The van der Waals surface area contributed by atoms with Gasteiger partial charge in [0.25, 0.3) is 0 Å². The number of para-hydroxylation sites is 2. The average Bonchev–Trinajstić information content (AvgIpc) is 2.97. The second-order valence-corrected chi connectivity index (χ2v) is 7.14. The fraction of sp³-hybridized carbons (Fsp3) is 0.333. The topological polar surface area (TPSA) is 58.7 Å². The van der Waals surface area contributed by atoms with Crippen molar-refractivity contribution >= 4 is 22.7 Å². The van der Waals surface area contributed by atoms with Crippen LogP contribution in [-0.4, -0.2) is 41.1 Å². The maximum Gasteiger partial charge on any atom is 0.420 e. The van der Waals surface area contributed by atoms with Gasteiger partial charge in [0.15, 0.2) is 5.58 Å². The first-order chi connectivity index (χ1) is 13.0. The van der Waals surface area contributed by atoms with Gasteiger partial charge in [-0.1, -0.05) is 24.3 Å².